The van der Waals surface area contributed by atoms with Crippen molar-refractivity contribution in [2.45, 2.75) is 0 Å². The Balaban J connectivity index is 1.51. The van der Waals surface area contributed by atoms with Crippen molar-refractivity contribution in [3.05, 3.63) is 109 Å². The molecular weight excluding hydrogens is 514 g/mol. The number of hydrogen-bond donors (Lipinski definition) is 1. The molecule has 188 valence electrons. The van der Waals surface area contributed by atoms with Gasteiger partial charge in [-0.1, -0.05) is 65.8 Å². The first-order valence-corrected chi connectivity index (χ1v) is 13.9. The van der Waals surface area contributed by atoms with Crippen molar-refractivity contribution in [3.8, 4) is 33.1 Å². The van der Waals surface area contributed by atoms with Crippen LogP contribution in [0, 0.1) is 0 Å². The van der Waals surface area contributed by atoms with Crippen molar-refractivity contribution < 1.29 is 8.94 Å². The molecule has 0 saturated carbocycles. The number of fused-ring (bicyclic) bond motifs is 6. The number of aromatic nitrogens is 3. The fraction of sp³-hybridized carbons (Fsp3) is 0. The van der Waals surface area contributed by atoms with Gasteiger partial charge in [0.05, 0.1) is 11.0 Å². The minimum absolute atomic E-state index is 0.743. The Morgan fingerprint density at radius 2 is 1.45 bits per heavy atom. The Hall–Kier alpha value is -5.20. The van der Waals surface area contributed by atoms with E-state index in [-0.39, 0.29) is 0 Å². The molecular formula is C34H19N3O2S. The van der Waals surface area contributed by atoms with Gasteiger partial charge in [-0.3, -0.25) is 0 Å². The molecule has 9 aromatic rings. The highest BCUT2D eigenvalue weighted by Crippen LogP contribution is 2.50. The molecule has 0 atom stereocenters. The largest absolute Gasteiger partial charge is 0.456 e. The lowest BCUT2D eigenvalue weighted by Crippen LogP contribution is -1.93. The third kappa shape index (κ3) is 3.08. The number of benzene rings is 5. The van der Waals surface area contributed by atoms with E-state index in [0.29, 0.717) is 0 Å². The summed E-state index contributed by atoms with van der Waals surface area (Å²) in [7, 11) is 0. The number of furan rings is 1. The highest BCUT2D eigenvalue weighted by molar-refractivity contribution is 7.22. The molecule has 0 aliphatic heterocycles. The quantitative estimate of drug-likeness (QED) is 0.245. The summed E-state index contributed by atoms with van der Waals surface area (Å²) in [5, 5.41) is 8.95. The van der Waals surface area contributed by atoms with Gasteiger partial charge in [0, 0.05) is 42.4 Å². The summed E-state index contributed by atoms with van der Waals surface area (Å²) in [6.45, 7) is 0. The lowest BCUT2D eigenvalue weighted by atomic mass is 9.91. The number of aromatic amines is 1. The Kier molecular flexibility index (Phi) is 4.42. The highest BCUT2D eigenvalue weighted by Gasteiger charge is 2.27. The van der Waals surface area contributed by atoms with Gasteiger partial charge >= 0.3 is 0 Å². The summed E-state index contributed by atoms with van der Waals surface area (Å²) in [5.41, 5.74) is 8.00. The van der Waals surface area contributed by atoms with Crippen LogP contribution in [0.2, 0.25) is 0 Å². The highest BCUT2D eigenvalue weighted by atomic mass is 32.1. The summed E-state index contributed by atoms with van der Waals surface area (Å²) in [4.78, 5) is 9.71. The van der Waals surface area contributed by atoms with Crippen LogP contribution in [0.15, 0.2) is 118 Å². The lowest BCUT2D eigenvalue weighted by molar-refractivity contribution is 0.459. The van der Waals surface area contributed by atoms with Crippen LogP contribution in [-0.2, 0) is 0 Å². The van der Waals surface area contributed by atoms with E-state index in [1.807, 2.05) is 54.6 Å². The van der Waals surface area contributed by atoms with Crippen LogP contribution in [0.5, 0.6) is 0 Å². The van der Waals surface area contributed by atoms with Gasteiger partial charge in [0.1, 0.15) is 22.7 Å². The van der Waals surface area contributed by atoms with Crippen LogP contribution >= 0.6 is 11.3 Å². The zero-order chi connectivity index (χ0) is 26.2. The van der Waals surface area contributed by atoms with E-state index in [2.05, 4.69) is 64.7 Å². The van der Waals surface area contributed by atoms with Crippen LogP contribution in [0.3, 0.4) is 0 Å². The first-order valence-electron chi connectivity index (χ1n) is 13.1. The molecule has 0 fully saturated rings. The molecule has 0 spiro atoms. The number of imidazole rings is 1. The van der Waals surface area contributed by atoms with Gasteiger partial charge in [0.2, 0.25) is 0 Å². The zero-order valence-electron chi connectivity index (χ0n) is 21.0. The zero-order valence-corrected chi connectivity index (χ0v) is 21.8. The first-order chi connectivity index (χ1) is 19.8. The molecule has 40 heavy (non-hydrogen) atoms. The molecule has 0 radical (unpaired) electrons. The Bertz CT molecular complexity index is 2340. The molecule has 0 unspecified atom stereocenters. The third-order valence-electron chi connectivity index (χ3n) is 7.60. The van der Waals surface area contributed by atoms with Gasteiger partial charge < -0.3 is 13.9 Å². The molecule has 1 N–H and O–H groups in total. The van der Waals surface area contributed by atoms with E-state index in [1.165, 1.54) is 10.1 Å². The van der Waals surface area contributed by atoms with E-state index >= 15 is 0 Å². The average molecular weight is 534 g/mol. The molecule has 6 heteroatoms. The summed E-state index contributed by atoms with van der Waals surface area (Å²) in [6.07, 6.45) is 0. The van der Waals surface area contributed by atoms with E-state index in [1.54, 1.807) is 11.3 Å². The standard InChI is InChI=1S/C34H19N3O2S/c1-8-16-28-19(9-1)17-29(40-28)32-30-20-10-2-6-14-25(20)38-27(30)18-22(34-35-23-12-4-5-13-24(23)36-34)31(32)33-21-11-3-7-15-26(21)39-37-33/h1-18H,(H,35,36). The fourth-order valence-corrected chi connectivity index (χ4v) is 6.94. The molecule has 4 aromatic heterocycles. The Morgan fingerprint density at radius 1 is 0.675 bits per heavy atom. The third-order valence-corrected chi connectivity index (χ3v) is 8.73. The lowest BCUT2D eigenvalue weighted by Gasteiger charge is -2.13. The summed E-state index contributed by atoms with van der Waals surface area (Å²) in [6, 6.07) is 37.2. The number of nitrogens with one attached hydrogen (secondary N) is 1. The molecule has 0 aliphatic rings. The van der Waals surface area contributed by atoms with Gasteiger partial charge in [0.25, 0.3) is 0 Å². The predicted octanol–water partition coefficient (Wildman–Crippen LogP) is 9.82. The number of H-pyrrole nitrogens is 1. The average Bonchev–Trinajstić information content (AvgIpc) is 3.78. The summed E-state index contributed by atoms with van der Waals surface area (Å²) >= 11 is 1.77. The summed E-state index contributed by atoms with van der Waals surface area (Å²) < 4.78 is 13.6. The van der Waals surface area contributed by atoms with Crippen molar-refractivity contribution in [1.29, 1.82) is 0 Å². The molecule has 5 aromatic carbocycles. The number of para-hydroxylation sites is 4. The number of rotatable bonds is 3. The smallest absolute Gasteiger partial charge is 0.167 e. The van der Waals surface area contributed by atoms with Gasteiger partial charge in [0.15, 0.2) is 5.58 Å². The summed E-state index contributed by atoms with van der Waals surface area (Å²) in [5.74, 6) is 0.757. The molecule has 4 heterocycles. The SMILES string of the molecule is c1ccc2sc(-c3c(-c4noc5ccccc45)c(-c4nc5ccccc5[nH]4)cc4oc5ccccc5c34)cc2c1. The van der Waals surface area contributed by atoms with Crippen molar-refractivity contribution in [1.82, 2.24) is 15.1 Å². The van der Waals surface area contributed by atoms with Gasteiger partial charge in [-0.05, 0) is 53.9 Å². The molecule has 0 bridgehead atoms. The predicted molar refractivity (Wildman–Crippen MR) is 163 cm³/mol. The van der Waals surface area contributed by atoms with Crippen molar-refractivity contribution in [2.24, 2.45) is 0 Å². The minimum Gasteiger partial charge on any atom is -0.456 e. The van der Waals surface area contributed by atoms with Gasteiger partial charge in [-0.2, -0.15) is 0 Å². The van der Waals surface area contributed by atoms with E-state index in [4.69, 9.17) is 13.9 Å². The Morgan fingerprint density at radius 3 is 2.35 bits per heavy atom. The van der Waals surface area contributed by atoms with E-state index < -0.39 is 0 Å². The van der Waals surface area contributed by atoms with Crippen molar-refractivity contribution in [2.75, 3.05) is 0 Å². The second kappa shape index (κ2) is 8.15. The number of nitrogens with zero attached hydrogens (tertiary/aromatic N) is 2. The second-order valence-electron chi connectivity index (χ2n) is 9.92. The van der Waals surface area contributed by atoms with Crippen LogP contribution in [0.1, 0.15) is 0 Å². The van der Waals surface area contributed by atoms with Gasteiger partial charge in [-0.15, -0.1) is 11.3 Å². The monoisotopic (exact) mass is 533 g/mol. The van der Waals surface area contributed by atoms with Crippen LogP contribution in [0.25, 0.3) is 87.1 Å². The fourth-order valence-electron chi connectivity index (χ4n) is 5.82. The van der Waals surface area contributed by atoms with Crippen LogP contribution in [0.4, 0.5) is 0 Å². The van der Waals surface area contributed by atoms with Crippen molar-refractivity contribution >= 4 is 65.4 Å². The van der Waals surface area contributed by atoms with Crippen LogP contribution in [-0.4, -0.2) is 15.1 Å². The van der Waals surface area contributed by atoms with E-state index in [0.717, 1.165) is 77.0 Å². The van der Waals surface area contributed by atoms with Crippen molar-refractivity contribution in [3.63, 3.8) is 0 Å². The molecule has 0 aliphatic carbocycles. The normalized spacial score (nSPS) is 12.0. The molecule has 0 amide bonds. The number of hydrogen-bond acceptors (Lipinski definition) is 5. The number of thiophene rings is 1. The maximum absolute atomic E-state index is 6.50. The Labute approximate surface area is 231 Å². The topological polar surface area (TPSA) is 67.8 Å². The maximum Gasteiger partial charge on any atom is 0.167 e. The first kappa shape index (κ1) is 21.7. The molecule has 9 rings (SSSR count). The minimum atomic E-state index is 0.743. The molecule has 5 nitrogen and oxygen atoms in total. The van der Waals surface area contributed by atoms with E-state index in [9.17, 15) is 0 Å². The van der Waals surface area contributed by atoms with Gasteiger partial charge in [-0.25, -0.2) is 4.98 Å². The molecule has 0 saturated heterocycles. The van der Waals surface area contributed by atoms with Crippen LogP contribution < -0.4 is 0 Å². The second-order valence-corrected chi connectivity index (χ2v) is 11.0. The maximum atomic E-state index is 6.50.